The molecule has 0 aliphatic rings. The summed E-state index contributed by atoms with van der Waals surface area (Å²) in [6, 6.07) is 9.21. The number of nitrogens with zero attached hydrogens (tertiary/aromatic N) is 3. The molecule has 2 N–H and O–H groups in total. The van der Waals surface area contributed by atoms with Crippen LogP contribution in [-0.2, 0) is 0 Å². The molecule has 0 bridgehead atoms. The molecule has 1 heterocycles. The van der Waals surface area contributed by atoms with Crippen LogP contribution in [0.3, 0.4) is 0 Å². The van der Waals surface area contributed by atoms with E-state index in [1.165, 1.54) is 0 Å². The van der Waals surface area contributed by atoms with Crippen molar-refractivity contribution in [2.24, 2.45) is 0 Å². The average molecular weight is 184 g/mol. The van der Waals surface area contributed by atoms with Crippen molar-refractivity contribution in [1.82, 2.24) is 9.55 Å². The highest BCUT2D eigenvalue weighted by Gasteiger charge is 1.99. The van der Waals surface area contributed by atoms with Gasteiger partial charge in [-0.2, -0.15) is 5.26 Å². The molecule has 4 heteroatoms. The molecule has 0 spiro atoms. The van der Waals surface area contributed by atoms with E-state index in [9.17, 15) is 0 Å². The zero-order valence-corrected chi connectivity index (χ0v) is 7.38. The van der Waals surface area contributed by atoms with E-state index in [1.807, 2.05) is 12.1 Å². The van der Waals surface area contributed by atoms with Gasteiger partial charge >= 0.3 is 0 Å². The zero-order valence-electron chi connectivity index (χ0n) is 7.38. The minimum atomic E-state index is 0.440. The van der Waals surface area contributed by atoms with Crippen molar-refractivity contribution in [2.45, 2.75) is 0 Å². The first-order chi connectivity index (χ1) is 6.81. The van der Waals surface area contributed by atoms with Gasteiger partial charge in [0.2, 0.25) is 5.95 Å². The van der Waals surface area contributed by atoms with Crippen LogP contribution in [0.15, 0.2) is 36.7 Å². The van der Waals surface area contributed by atoms with Gasteiger partial charge in [0.25, 0.3) is 0 Å². The molecule has 0 fully saturated rings. The molecule has 1 aromatic heterocycles. The van der Waals surface area contributed by atoms with E-state index in [4.69, 9.17) is 11.0 Å². The Balaban J connectivity index is 2.45. The highest BCUT2D eigenvalue weighted by atomic mass is 15.1. The maximum absolute atomic E-state index is 8.62. The standard InChI is InChI=1S/C10H8N4/c11-7-8-1-3-9(4-2-8)14-6-5-13-10(14)12/h1-6H,(H2,12,13). The molecule has 0 radical (unpaired) electrons. The van der Waals surface area contributed by atoms with Gasteiger partial charge in [0.15, 0.2) is 0 Å². The van der Waals surface area contributed by atoms with E-state index in [-0.39, 0.29) is 0 Å². The fraction of sp³-hybridized carbons (Fsp3) is 0. The van der Waals surface area contributed by atoms with Crippen LogP contribution in [0.25, 0.3) is 5.69 Å². The molecule has 2 aromatic rings. The number of nitriles is 1. The summed E-state index contributed by atoms with van der Waals surface area (Å²) in [4.78, 5) is 3.91. The third-order valence-electron chi connectivity index (χ3n) is 1.94. The van der Waals surface area contributed by atoms with Crippen LogP contribution in [0.2, 0.25) is 0 Å². The van der Waals surface area contributed by atoms with Crippen LogP contribution in [-0.4, -0.2) is 9.55 Å². The summed E-state index contributed by atoms with van der Waals surface area (Å²) in [7, 11) is 0. The molecule has 4 nitrogen and oxygen atoms in total. The first-order valence-corrected chi connectivity index (χ1v) is 4.10. The number of aromatic nitrogens is 2. The van der Waals surface area contributed by atoms with Gasteiger partial charge in [0.1, 0.15) is 0 Å². The number of nitrogen functional groups attached to an aromatic ring is 1. The Bertz CT molecular complexity index is 476. The topological polar surface area (TPSA) is 67.6 Å². The largest absolute Gasteiger partial charge is 0.369 e. The quantitative estimate of drug-likeness (QED) is 0.726. The van der Waals surface area contributed by atoms with E-state index >= 15 is 0 Å². The molecular formula is C10H8N4. The minimum absolute atomic E-state index is 0.440. The maximum atomic E-state index is 8.62. The Kier molecular flexibility index (Phi) is 1.92. The molecular weight excluding hydrogens is 176 g/mol. The molecule has 0 aliphatic carbocycles. The van der Waals surface area contributed by atoms with Crippen molar-refractivity contribution in [3.8, 4) is 11.8 Å². The van der Waals surface area contributed by atoms with Crippen LogP contribution in [0, 0.1) is 11.3 Å². The van der Waals surface area contributed by atoms with E-state index in [1.54, 1.807) is 29.1 Å². The lowest BCUT2D eigenvalue weighted by atomic mass is 10.2. The highest BCUT2D eigenvalue weighted by Crippen LogP contribution is 2.12. The fourth-order valence-electron chi connectivity index (χ4n) is 1.23. The lowest BCUT2D eigenvalue weighted by Crippen LogP contribution is -1.99. The Morgan fingerprint density at radius 3 is 2.50 bits per heavy atom. The van der Waals surface area contributed by atoms with Crippen LogP contribution in [0.4, 0.5) is 5.95 Å². The van der Waals surface area contributed by atoms with E-state index in [0.29, 0.717) is 11.5 Å². The number of hydrogen-bond acceptors (Lipinski definition) is 3. The number of rotatable bonds is 1. The molecule has 0 atom stereocenters. The fourth-order valence-corrected chi connectivity index (χ4v) is 1.23. The van der Waals surface area contributed by atoms with Crippen LogP contribution in [0.1, 0.15) is 5.56 Å². The SMILES string of the molecule is N#Cc1ccc(-n2ccnc2N)cc1. The van der Waals surface area contributed by atoms with E-state index < -0.39 is 0 Å². The summed E-state index contributed by atoms with van der Waals surface area (Å²) in [6.45, 7) is 0. The number of nitrogens with two attached hydrogens (primary N) is 1. The molecule has 0 saturated heterocycles. The van der Waals surface area contributed by atoms with Gasteiger partial charge in [0.05, 0.1) is 11.6 Å². The van der Waals surface area contributed by atoms with Gasteiger partial charge in [-0.05, 0) is 24.3 Å². The van der Waals surface area contributed by atoms with E-state index in [0.717, 1.165) is 5.69 Å². The summed E-state index contributed by atoms with van der Waals surface area (Å²) in [6.07, 6.45) is 3.41. The van der Waals surface area contributed by atoms with Gasteiger partial charge in [-0.3, -0.25) is 4.57 Å². The summed E-state index contributed by atoms with van der Waals surface area (Å²) >= 11 is 0. The van der Waals surface area contributed by atoms with Crippen molar-refractivity contribution in [3.63, 3.8) is 0 Å². The predicted molar refractivity (Wildman–Crippen MR) is 52.7 cm³/mol. The zero-order chi connectivity index (χ0) is 9.97. The van der Waals surface area contributed by atoms with Gasteiger partial charge in [-0.15, -0.1) is 0 Å². The van der Waals surface area contributed by atoms with Gasteiger partial charge in [-0.25, -0.2) is 4.98 Å². The summed E-state index contributed by atoms with van der Waals surface area (Å²) in [5.74, 6) is 0.440. The van der Waals surface area contributed by atoms with Gasteiger partial charge < -0.3 is 5.73 Å². The van der Waals surface area contributed by atoms with Crippen LogP contribution in [0.5, 0.6) is 0 Å². The van der Waals surface area contributed by atoms with Crippen molar-refractivity contribution in [1.29, 1.82) is 5.26 Å². The third kappa shape index (κ3) is 1.31. The van der Waals surface area contributed by atoms with Crippen molar-refractivity contribution in [2.75, 3.05) is 5.73 Å². The molecule has 2 rings (SSSR count). The molecule has 14 heavy (non-hydrogen) atoms. The molecule has 0 saturated carbocycles. The second-order valence-corrected chi connectivity index (χ2v) is 2.81. The van der Waals surface area contributed by atoms with Crippen molar-refractivity contribution in [3.05, 3.63) is 42.2 Å². The van der Waals surface area contributed by atoms with Gasteiger partial charge in [0, 0.05) is 18.1 Å². The summed E-state index contributed by atoms with van der Waals surface area (Å²) in [5, 5.41) is 8.62. The molecule has 0 aliphatic heterocycles. The number of imidazole rings is 1. The highest BCUT2D eigenvalue weighted by molar-refractivity contribution is 5.43. The lowest BCUT2D eigenvalue weighted by Gasteiger charge is -2.03. The smallest absolute Gasteiger partial charge is 0.204 e. The molecule has 1 aromatic carbocycles. The third-order valence-corrected chi connectivity index (χ3v) is 1.94. The van der Waals surface area contributed by atoms with Gasteiger partial charge in [-0.1, -0.05) is 0 Å². The molecule has 0 amide bonds. The monoisotopic (exact) mass is 184 g/mol. The normalized spacial score (nSPS) is 9.64. The van der Waals surface area contributed by atoms with Crippen LogP contribution >= 0.6 is 0 Å². The minimum Gasteiger partial charge on any atom is -0.369 e. The number of anilines is 1. The Labute approximate surface area is 81.2 Å². The number of benzene rings is 1. The second kappa shape index (κ2) is 3.23. The second-order valence-electron chi connectivity index (χ2n) is 2.81. The Morgan fingerprint density at radius 1 is 1.29 bits per heavy atom. The van der Waals surface area contributed by atoms with E-state index in [2.05, 4.69) is 11.1 Å². The van der Waals surface area contributed by atoms with Crippen molar-refractivity contribution >= 4 is 5.95 Å². The first kappa shape index (κ1) is 8.32. The maximum Gasteiger partial charge on any atom is 0.204 e. The Hall–Kier alpha value is -2.28. The van der Waals surface area contributed by atoms with Crippen molar-refractivity contribution < 1.29 is 0 Å². The molecule has 68 valence electrons. The van der Waals surface area contributed by atoms with Crippen LogP contribution < -0.4 is 5.73 Å². The first-order valence-electron chi connectivity index (χ1n) is 4.10. The lowest BCUT2D eigenvalue weighted by molar-refractivity contribution is 1.07. The number of hydrogen-bond donors (Lipinski definition) is 1. The summed E-state index contributed by atoms with van der Waals surface area (Å²) < 4.78 is 1.75. The summed E-state index contributed by atoms with van der Waals surface area (Å²) in [5.41, 5.74) is 7.16. The molecule has 0 unspecified atom stereocenters. The predicted octanol–water partition coefficient (Wildman–Crippen LogP) is 1.33. The average Bonchev–Trinajstić information content (AvgIpc) is 2.65. The Morgan fingerprint density at radius 2 is 2.00 bits per heavy atom.